The van der Waals surface area contributed by atoms with Gasteiger partial charge in [0.2, 0.25) is 0 Å². The van der Waals surface area contributed by atoms with Gasteiger partial charge in [-0.1, -0.05) is 13.2 Å². The Labute approximate surface area is 103 Å². The quantitative estimate of drug-likeness (QED) is 0.235. The van der Waals surface area contributed by atoms with E-state index in [1.165, 1.54) is 0 Å². The number of carboxylic acids is 2. The van der Waals surface area contributed by atoms with Gasteiger partial charge in [-0.25, -0.2) is 9.59 Å². The molecule has 0 amide bonds. The third-order valence-corrected chi connectivity index (χ3v) is 0.397. The van der Waals surface area contributed by atoms with E-state index in [4.69, 9.17) is 23.1 Å². The normalized spacial score (nSPS) is 5.62. The van der Waals surface area contributed by atoms with Crippen molar-refractivity contribution in [2.24, 2.45) is 0 Å². The summed E-state index contributed by atoms with van der Waals surface area (Å²) in [6.07, 6.45) is 2.74. The van der Waals surface area contributed by atoms with E-state index in [0.717, 1.165) is 38.8 Å². The second-order valence-electron chi connectivity index (χ2n) is 1.32. The number of carboxylic acid groups (broad SMARTS) is 2. The predicted octanol–water partition coefficient (Wildman–Crippen LogP) is -0.312. The molecule has 0 saturated carbocycles. The Kier molecular flexibility index (Phi) is 43.5. The molecular formula is C8H9O7Ti. The minimum atomic E-state index is -0.981. The summed E-state index contributed by atoms with van der Waals surface area (Å²) in [5.41, 5.74) is 0. The first-order chi connectivity index (χ1) is 7.45. The fraction of sp³-hybridized carbons (Fsp3) is 0. The van der Waals surface area contributed by atoms with Crippen molar-refractivity contribution in [3.8, 4) is 0 Å². The summed E-state index contributed by atoms with van der Waals surface area (Å²) in [7, 11) is 0. The van der Waals surface area contributed by atoms with Crippen LogP contribution in [0.5, 0.6) is 0 Å². The minimum absolute atomic E-state index is 0.0694. The van der Waals surface area contributed by atoms with Gasteiger partial charge >= 0.3 is 35.7 Å². The fourth-order valence-corrected chi connectivity index (χ4v) is 0. The van der Waals surface area contributed by atoms with Gasteiger partial charge in [-0.15, -0.1) is 0 Å². The fourth-order valence-electron chi connectivity index (χ4n) is 0. The molecule has 0 aliphatic rings. The number of aliphatic carboxylic acids is 2. The molecule has 0 aromatic heterocycles. The van der Waals surface area contributed by atoms with Gasteiger partial charge in [-0.2, -0.15) is 6.29 Å². The number of carbonyl (C=O) groups is 3. The van der Waals surface area contributed by atoms with E-state index in [2.05, 4.69) is 13.2 Å². The molecule has 7 nitrogen and oxygen atoms in total. The van der Waals surface area contributed by atoms with E-state index in [1.807, 2.05) is 0 Å². The molecule has 0 unspecified atom stereocenters. The van der Waals surface area contributed by atoms with Crippen LogP contribution in [0.4, 0.5) is 0 Å². The number of hydrogen-bond donors (Lipinski definition) is 2. The summed E-state index contributed by atoms with van der Waals surface area (Å²) >= 11 is 0.750. The van der Waals surface area contributed by atoms with Crippen LogP contribution in [0.2, 0.25) is 0 Å². The molecule has 0 bridgehead atoms. The van der Waals surface area contributed by atoms with Crippen molar-refractivity contribution < 1.29 is 53.1 Å². The first-order valence-electron chi connectivity index (χ1n) is 3.18. The zero-order valence-electron chi connectivity index (χ0n) is 8.08. The summed E-state index contributed by atoms with van der Waals surface area (Å²) < 4.78 is 8.25. The van der Waals surface area contributed by atoms with Crippen LogP contribution in [-0.2, 0) is 42.9 Å². The van der Waals surface area contributed by atoms with Crippen molar-refractivity contribution in [2.75, 3.05) is 0 Å². The maximum absolute atomic E-state index is 9.25. The van der Waals surface area contributed by atoms with E-state index in [0.29, 0.717) is 0 Å². The average Bonchev–Trinajstić information content (AvgIpc) is 2.32. The standard InChI is InChI=1S/2C3H4O2.C2HO2.O.Ti/c2*1-2-3(4)5;3-1-2-4;;/h2*2H,1H2,(H,4,5);1H;;/q;;-1;;+1. The average molecular weight is 265 g/mol. The van der Waals surface area contributed by atoms with E-state index >= 15 is 0 Å². The Hall–Kier alpha value is -1.73. The van der Waals surface area contributed by atoms with Crippen molar-refractivity contribution in [3.05, 3.63) is 25.3 Å². The van der Waals surface area contributed by atoms with E-state index in [9.17, 15) is 9.59 Å². The molecule has 0 aromatic rings. The first-order valence-corrected chi connectivity index (χ1v) is 3.82. The summed E-state index contributed by atoms with van der Waals surface area (Å²) in [5, 5.41) is 15.2. The molecule has 0 aromatic carbocycles. The van der Waals surface area contributed by atoms with Crippen molar-refractivity contribution in [1.82, 2.24) is 0 Å². The Morgan fingerprint density at radius 2 is 1.19 bits per heavy atom. The third kappa shape index (κ3) is 146. The van der Waals surface area contributed by atoms with Crippen LogP contribution in [0.25, 0.3) is 0 Å². The van der Waals surface area contributed by atoms with Crippen molar-refractivity contribution >= 4 is 24.5 Å². The summed E-state index contributed by atoms with van der Waals surface area (Å²) in [6, 6.07) is 0. The van der Waals surface area contributed by atoms with Crippen LogP contribution in [-0.4, -0.2) is 34.7 Å². The van der Waals surface area contributed by atoms with Gasteiger partial charge in [-0.3, -0.25) is 0 Å². The van der Waals surface area contributed by atoms with E-state index < -0.39 is 11.9 Å². The molecule has 0 aliphatic heterocycles. The Morgan fingerprint density at radius 1 is 1.06 bits per heavy atom. The van der Waals surface area contributed by atoms with Crippen molar-refractivity contribution in [1.29, 1.82) is 0 Å². The first kappa shape index (κ1) is 23.8. The maximum atomic E-state index is 9.25. The van der Waals surface area contributed by atoms with Gasteiger partial charge in [0, 0.05) is 18.4 Å². The van der Waals surface area contributed by atoms with Crippen LogP contribution >= 0.6 is 0 Å². The van der Waals surface area contributed by atoms with Gasteiger partial charge in [0.25, 0.3) is 0 Å². The molecular weight excluding hydrogens is 256 g/mol. The molecule has 0 heterocycles. The van der Waals surface area contributed by atoms with Crippen LogP contribution in [0.3, 0.4) is 0 Å². The SMILES string of the molecule is C=CC(=O)O.C=CC(=O)O.O=[C-]C=O.[O]=[Ti+]. The number of carbonyl (C=O) groups excluding carboxylic acids is 2. The molecule has 16 heavy (non-hydrogen) atoms. The molecule has 8 heteroatoms. The Bertz CT molecular complexity index is 213. The number of rotatable bonds is 3. The van der Waals surface area contributed by atoms with Gasteiger partial charge in [0.15, 0.2) is 0 Å². The molecule has 0 atom stereocenters. The molecule has 0 spiro atoms. The van der Waals surface area contributed by atoms with Crippen LogP contribution < -0.4 is 0 Å². The van der Waals surface area contributed by atoms with Gasteiger partial charge in [0.1, 0.15) is 0 Å². The molecule has 0 aliphatic carbocycles. The van der Waals surface area contributed by atoms with Crippen LogP contribution in [0, 0.1) is 0 Å². The molecule has 0 rings (SSSR count). The van der Waals surface area contributed by atoms with Gasteiger partial charge in [-0.05, 0) is 0 Å². The number of hydrogen-bond acceptors (Lipinski definition) is 5. The van der Waals surface area contributed by atoms with Crippen molar-refractivity contribution in [3.63, 3.8) is 0 Å². The zero-order valence-corrected chi connectivity index (χ0v) is 9.64. The monoisotopic (exact) mass is 265 g/mol. The second-order valence-corrected chi connectivity index (χ2v) is 1.32. The zero-order chi connectivity index (χ0) is 14.0. The number of aldehydes is 1. The Morgan fingerprint density at radius 3 is 1.19 bits per heavy atom. The topological polar surface area (TPSA) is 126 Å². The van der Waals surface area contributed by atoms with Gasteiger partial charge < -0.3 is 19.8 Å². The van der Waals surface area contributed by atoms with E-state index in [-0.39, 0.29) is 6.29 Å². The second kappa shape index (κ2) is 29.2. The summed E-state index contributed by atoms with van der Waals surface area (Å²) in [6.45, 7) is 5.92. The van der Waals surface area contributed by atoms with E-state index in [1.54, 1.807) is 0 Å². The molecule has 0 fully saturated rings. The summed E-state index contributed by atoms with van der Waals surface area (Å²) in [5.74, 6) is -1.96. The van der Waals surface area contributed by atoms with Crippen molar-refractivity contribution in [2.45, 2.75) is 0 Å². The van der Waals surface area contributed by atoms with Crippen LogP contribution in [0.15, 0.2) is 25.3 Å². The van der Waals surface area contributed by atoms with Crippen LogP contribution in [0.1, 0.15) is 0 Å². The van der Waals surface area contributed by atoms with Gasteiger partial charge in [0.05, 0.1) is 0 Å². The molecule has 0 radical (unpaired) electrons. The summed E-state index contributed by atoms with van der Waals surface area (Å²) in [4.78, 5) is 35.9. The molecule has 0 saturated heterocycles. The predicted molar refractivity (Wildman–Crippen MR) is 48.1 cm³/mol. The third-order valence-electron chi connectivity index (χ3n) is 0.397. The molecule has 2 N–H and O–H groups in total. The molecule has 87 valence electrons. The Balaban J connectivity index is -0.0000000629.